The number of hydrogen-bond acceptors (Lipinski definition) is 4. The highest BCUT2D eigenvalue weighted by molar-refractivity contribution is 7.17. The number of hydrogen-bond donors (Lipinski definition) is 1. The third-order valence-electron chi connectivity index (χ3n) is 2.02. The van der Waals surface area contributed by atoms with Crippen molar-refractivity contribution in [3.8, 4) is 0 Å². The van der Waals surface area contributed by atoms with E-state index in [2.05, 4.69) is 0 Å². The van der Waals surface area contributed by atoms with Gasteiger partial charge in [-0.1, -0.05) is 0 Å². The Kier molecular flexibility index (Phi) is 2.18. The van der Waals surface area contributed by atoms with Crippen LogP contribution in [0.4, 0.5) is 5.69 Å². The summed E-state index contributed by atoms with van der Waals surface area (Å²) in [6.07, 6.45) is 0. The van der Waals surface area contributed by atoms with E-state index in [0.717, 1.165) is 15.6 Å². The fourth-order valence-electron chi connectivity index (χ4n) is 1.31. The van der Waals surface area contributed by atoms with Gasteiger partial charge in [0.15, 0.2) is 0 Å². The topological polar surface area (TPSA) is 63.4 Å². The number of nitrogens with zero attached hydrogens (tertiary/aromatic N) is 1. The summed E-state index contributed by atoms with van der Waals surface area (Å²) in [5.74, 6) is 0. The highest BCUT2D eigenvalue weighted by Crippen LogP contribution is 2.29. The van der Waals surface area contributed by atoms with Gasteiger partial charge in [-0.25, -0.2) is 0 Å². The van der Waals surface area contributed by atoms with Gasteiger partial charge >= 0.3 is 0 Å². The summed E-state index contributed by atoms with van der Waals surface area (Å²) in [7, 11) is 0. The van der Waals surface area contributed by atoms with Crippen LogP contribution in [0.2, 0.25) is 0 Å². The highest BCUT2D eigenvalue weighted by atomic mass is 32.1. The largest absolute Gasteiger partial charge is 0.392 e. The number of rotatable bonds is 2. The SMILES string of the molecule is O=[N+]([O-])c1ccc2scc(CO)c2c1. The number of benzene rings is 1. The van der Waals surface area contributed by atoms with E-state index in [1.807, 2.05) is 5.38 Å². The molecule has 0 amide bonds. The summed E-state index contributed by atoms with van der Waals surface area (Å²) in [6, 6.07) is 4.68. The molecule has 2 aromatic rings. The molecule has 0 aliphatic carbocycles. The van der Waals surface area contributed by atoms with Crippen molar-refractivity contribution in [1.29, 1.82) is 0 Å². The standard InChI is InChI=1S/C9H7NO3S/c11-4-6-5-14-9-2-1-7(10(12)13)3-8(6)9/h1-3,5,11H,4H2. The molecule has 5 heteroatoms. The third kappa shape index (κ3) is 1.36. The molecule has 0 saturated carbocycles. The maximum Gasteiger partial charge on any atom is 0.270 e. The molecule has 0 bridgehead atoms. The predicted octanol–water partition coefficient (Wildman–Crippen LogP) is 2.30. The van der Waals surface area contributed by atoms with Crippen LogP contribution in [0.3, 0.4) is 0 Å². The molecule has 0 saturated heterocycles. The zero-order valence-corrected chi connectivity index (χ0v) is 7.95. The van der Waals surface area contributed by atoms with Crippen molar-refractivity contribution in [2.24, 2.45) is 0 Å². The predicted molar refractivity (Wildman–Crippen MR) is 54.4 cm³/mol. The molecule has 14 heavy (non-hydrogen) atoms. The minimum atomic E-state index is -0.432. The minimum Gasteiger partial charge on any atom is -0.392 e. The van der Waals surface area contributed by atoms with Crippen LogP contribution < -0.4 is 0 Å². The number of nitro benzene ring substituents is 1. The van der Waals surface area contributed by atoms with E-state index < -0.39 is 4.92 Å². The van der Waals surface area contributed by atoms with Gasteiger partial charge in [-0.15, -0.1) is 11.3 Å². The van der Waals surface area contributed by atoms with Crippen molar-refractivity contribution in [3.63, 3.8) is 0 Å². The molecule has 1 aromatic carbocycles. The minimum absolute atomic E-state index is 0.0607. The smallest absolute Gasteiger partial charge is 0.270 e. The lowest BCUT2D eigenvalue weighted by Gasteiger charge is -1.94. The maximum atomic E-state index is 10.5. The Morgan fingerprint density at radius 3 is 2.93 bits per heavy atom. The van der Waals surface area contributed by atoms with Gasteiger partial charge in [-0.2, -0.15) is 0 Å². The Labute approximate surface area is 83.6 Å². The van der Waals surface area contributed by atoms with Crippen molar-refractivity contribution in [2.75, 3.05) is 0 Å². The molecule has 1 N–H and O–H groups in total. The van der Waals surface area contributed by atoms with Crippen LogP contribution >= 0.6 is 11.3 Å². The Morgan fingerprint density at radius 2 is 2.29 bits per heavy atom. The molecular formula is C9H7NO3S. The van der Waals surface area contributed by atoms with Crippen molar-refractivity contribution >= 4 is 27.1 Å². The summed E-state index contributed by atoms with van der Waals surface area (Å²) < 4.78 is 0.958. The first kappa shape index (κ1) is 9.11. The lowest BCUT2D eigenvalue weighted by molar-refractivity contribution is -0.384. The van der Waals surface area contributed by atoms with E-state index in [1.54, 1.807) is 6.07 Å². The van der Waals surface area contributed by atoms with Gasteiger partial charge in [0.05, 0.1) is 11.5 Å². The van der Waals surface area contributed by atoms with Gasteiger partial charge in [0, 0.05) is 22.2 Å². The quantitative estimate of drug-likeness (QED) is 0.609. The lowest BCUT2D eigenvalue weighted by atomic mass is 10.2. The average Bonchev–Trinajstić information content (AvgIpc) is 2.59. The molecule has 0 fully saturated rings. The fraction of sp³-hybridized carbons (Fsp3) is 0.111. The normalized spacial score (nSPS) is 10.6. The first-order valence-electron chi connectivity index (χ1n) is 3.98. The van der Waals surface area contributed by atoms with Crippen LogP contribution in [0.25, 0.3) is 10.1 Å². The van der Waals surface area contributed by atoms with Gasteiger partial charge in [-0.05, 0) is 17.0 Å². The van der Waals surface area contributed by atoms with Crippen LogP contribution in [0.1, 0.15) is 5.56 Å². The second-order valence-corrected chi connectivity index (χ2v) is 3.77. The van der Waals surface area contributed by atoms with Crippen LogP contribution in [0.5, 0.6) is 0 Å². The summed E-state index contributed by atoms with van der Waals surface area (Å²) in [6.45, 7) is -0.0822. The van der Waals surface area contributed by atoms with Gasteiger partial charge in [-0.3, -0.25) is 10.1 Å². The first-order valence-corrected chi connectivity index (χ1v) is 4.85. The van der Waals surface area contributed by atoms with Crippen LogP contribution in [0.15, 0.2) is 23.6 Å². The van der Waals surface area contributed by atoms with Crippen LogP contribution in [0, 0.1) is 10.1 Å². The molecule has 1 aromatic heterocycles. The Balaban J connectivity index is 2.67. The van der Waals surface area contributed by atoms with E-state index in [1.165, 1.54) is 23.5 Å². The summed E-state index contributed by atoms with van der Waals surface area (Å²) >= 11 is 1.48. The van der Waals surface area contributed by atoms with Gasteiger partial charge in [0.25, 0.3) is 5.69 Å². The summed E-state index contributed by atoms with van der Waals surface area (Å²) in [4.78, 5) is 10.1. The van der Waals surface area contributed by atoms with E-state index in [-0.39, 0.29) is 12.3 Å². The molecule has 72 valence electrons. The number of non-ortho nitro benzene ring substituents is 1. The Bertz CT molecular complexity index is 492. The number of nitro groups is 1. The molecule has 1 heterocycles. The zero-order chi connectivity index (χ0) is 10.1. The number of aliphatic hydroxyl groups excluding tert-OH is 1. The van der Waals surface area contributed by atoms with E-state index >= 15 is 0 Å². The second-order valence-electron chi connectivity index (χ2n) is 2.86. The molecule has 0 radical (unpaired) electrons. The zero-order valence-electron chi connectivity index (χ0n) is 7.14. The molecule has 0 atom stereocenters. The molecular weight excluding hydrogens is 202 g/mol. The third-order valence-corrected chi connectivity index (χ3v) is 3.03. The molecule has 4 nitrogen and oxygen atoms in total. The van der Waals surface area contributed by atoms with Crippen LogP contribution in [-0.4, -0.2) is 10.0 Å². The molecule has 0 aliphatic heterocycles. The van der Waals surface area contributed by atoms with Crippen molar-refractivity contribution in [1.82, 2.24) is 0 Å². The van der Waals surface area contributed by atoms with Gasteiger partial charge in [0.1, 0.15) is 0 Å². The van der Waals surface area contributed by atoms with E-state index in [4.69, 9.17) is 5.11 Å². The van der Waals surface area contributed by atoms with Crippen molar-refractivity contribution in [2.45, 2.75) is 6.61 Å². The first-order chi connectivity index (χ1) is 6.72. The van der Waals surface area contributed by atoms with E-state index in [0.29, 0.717) is 0 Å². The van der Waals surface area contributed by atoms with Gasteiger partial charge in [0.2, 0.25) is 0 Å². The molecule has 0 spiro atoms. The second kappa shape index (κ2) is 3.36. The summed E-state index contributed by atoms with van der Waals surface area (Å²) in [5, 5.41) is 22.1. The van der Waals surface area contributed by atoms with E-state index in [9.17, 15) is 10.1 Å². The molecule has 0 unspecified atom stereocenters. The highest BCUT2D eigenvalue weighted by Gasteiger charge is 2.09. The number of thiophene rings is 1. The lowest BCUT2D eigenvalue weighted by Crippen LogP contribution is -1.87. The molecule has 0 aliphatic rings. The number of aliphatic hydroxyl groups is 1. The van der Waals surface area contributed by atoms with Gasteiger partial charge < -0.3 is 5.11 Å². The number of fused-ring (bicyclic) bond motifs is 1. The monoisotopic (exact) mass is 209 g/mol. The molecule has 2 rings (SSSR count). The van der Waals surface area contributed by atoms with Crippen LogP contribution in [-0.2, 0) is 6.61 Å². The Hall–Kier alpha value is -1.46. The average molecular weight is 209 g/mol. The van der Waals surface area contributed by atoms with Crippen molar-refractivity contribution in [3.05, 3.63) is 39.3 Å². The fourth-order valence-corrected chi connectivity index (χ4v) is 2.24. The van der Waals surface area contributed by atoms with Crippen molar-refractivity contribution < 1.29 is 10.0 Å². The maximum absolute atomic E-state index is 10.5. The summed E-state index contributed by atoms with van der Waals surface area (Å²) in [5.41, 5.74) is 0.805. The Morgan fingerprint density at radius 1 is 1.50 bits per heavy atom.